The first-order chi connectivity index (χ1) is 15.0. The Hall–Kier alpha value is -2.71. The average molecular weight is 527 g/mol. The van der Waals surface area contributed by atoms with Crippen molar-refractivity contribution in [3.63, 3.8) is 0 Å². The number of nitrogens with two attached hydrogens (primary N) is 1. The molecular formula is C25H22INO4. The van der Waals surface area contributed by atoms with Gasteiger partial charge in [-0.05, 0) is 69.0 Å². The molecule has 31 heavy (non-hydrogen) atoms. The largest absolute Gasteiger partial charge is 0.481 e. The minimum absolute atomic E-state index is 0.0763. The number of carbonyl (C=O) groups is 2. The molecule has 3 aromatic rings. The monoisotopic (exact) mass is 527 g/mol. The lowest BCUT2D eigenvalue weighted by molar-refractivity contribution is -0.159. The van der Waals surface area contributed by atoms with Gasteiger partial charge >= 0.3 is 11.9 Å². The lowest BCUT2D eigenvalue weighted by atomic mass is 9.94. The minimum Gasteiger partial charge on any atom is -0.481 e. The van der Waals surface area contributed by atoms with Crippen LogP contribution in [0.5, 0.6) is 0 Å². The summed E-state index contributed by atoms with van der Waals surface area (Å²) in [5.74, 6) is -3.62. The van der Waals surface area contributed by atoms with Gasteiger partial charge in [-0.15, -0.1) is 0 Å². The summed E-state index contributed by atoms with van der Waals surface area (Å²) in [6.45, 7) is 0.0763. The van der Waals surface area contributed by atoms with E-state index in [0.717, 1.165) is 31.4 Å². The summed E-state index contributed by atoms with van der Waals surface area (Å²) in [7, 11) is 0. The number of carbonyl (C=O) groups excluding carboxylic acids is 1. The van der Waals surface area contributed by atoms with Gasteiger partial charge in [0.2, 0.25) is 0 Å². The number of esters is 1. The highest BCUT2D eigenvalue weighted by Crippen LogP contribution is 2.44. The van der Waals surface area contributed by atoms with E-state index in [0.29, 0.717) is 0 Å². The molecule has 1 unspecified atom stereocenters. The van der Waals surface area contributed by atoms with Crippen molar-refractivity contribution in [3.8, 4) is 11.1 Å². The fourth-order valence-electron chi connectivity index (χ4n) is 4.16. The molecule has 0 aliphatic heterocycles. The number of halogens is 1. The quantitative estimate of drug-likeness (QED) is 0.273. The van der Waals surface area contributed by atoms with E-state index in [2.05, 4.69) is 22.6 Å². The van der Waals surface area contributed by atoms with Crippen molar-refractivity contribution in [2.45, 2.75) is 18.4 Å². The van der Waals surface area contributed by atoms with Crippen LogP contribution in [0.2, 0.25) is 0 Å². The van der Waals surface area contributed by atoms with Crippen molar-refractivity contribution >= 4 is 34.5 Å². The van der Waals surface area contributed by atoms with E-state index in [1.807, 2.05) is 72.8 Å². The zero-order valence-electron chi connectivity index (χ0n) is 16.7. The highest BCUT2D eigenvalue weighted by Gasteiger charge is 2.36. The lowest BCUT2D eigenvalue weighted by Gasteiger charge is -2.21. The van der Waals surface area contributed by atoms with Crippen LogP contribution in [0.3, 0.4) is 0 Å². The maximum atomic E-state index is 12.8. The van der Waals surface area contributed by atoms with Gasteiger partial charge in [0.25, 0.3) is 0 Å². The van der Waals surface area contributed by atoms with E-state index in [1.165, 1.54) is 0 Å². The van der Waals surface area contributed by atoms with E-state index in [4.69, 9.17) is 10.5 Å². The Morgan fingerprint density at radius 1 is 0.935 bits per heavy atom. The first-order valence-electron chi connectivity index (χ1n) is 10.0. The molecule has 4 rings (SSSR count). The third-order valence-electron chi connectivity index (χ3n) is 5.69. The minimum atomic E-state index is -1.42. The number of benzene rings is 3. The Balaban J connectivity index is 1.49. The molecule has 0 heterocycles. The normalized spacial score (nSPS) is 14.4. The Kier molecular flexibility index (Phi) is 6.38. The standard InChI is InChI=1S/C25H22INO4/c26-16-11-9-15(10-12-16)13-22(27)23(24(28)29)25(30)31-14-21-19-7-3-1-5-17(19)18-6-2-4-8-20(18)21/h1-12,21-23H,13-14,27H2,(H,28,29)/t22?,23-/m1/s1. The van der Waals surface area contributed by atoms with E-state index < -0.39 is 23.9 Å². The van der Waals surface area contributed by atoms with Gasteiger partial charge in [0, 0.05) is 15.5 Å². The number of rotatable bonds is 7. The first-order valence-corrected chi connectivity index (χ1v) is 11.1. The lowest BCUT2D eigenvalue weighted by Crippen LogP contribution is -2.43. The molecule has 5 nitrogen and oxygen atoms in total. The second kappa shape index (κ2) is 9.20. The van der Waals surface area contributed by atoms with Crippen LogP contribution in [-0.2, 0) is 20.7 Å². The van der Waals surface area contributed by atoms with Gasteiger partial charge in [-0.2, -0.15) is 0 Å². The number of carboxylic acids is 1. The summed E-state index contributed by atoms with van der Waals surface area (Å²) in [6, 6.07) is 22.7. The molecule has 0 radical (unpaired) electrons. The van der Waals surface area contributed by atoms with Crippen LogP contribution in [0.25, 0.3) is 11.1 Å². The van der Waals surface area contributed by atoms with Gasteiger partial charge in [-0.25, -0.2) is 0 Å². The fourth-order valence-corrected chi connectivity index (χ4v) is 4.52. The topological polar surface area (TPSA) is 89.6 Å². The molecule has 2 atom stereocenters. The van der Waals surface area contributed by atoms with Crippen molar-refractivity contribution in [2.24, 2.45) is 11.7 Å². The van der Waals surface area contributed by atoms with E-state index in [9.17, 15) is 14.7 Å². The second-order valence-electron chi connectivity index (χ2n) is 7.67. The summed E-state index contributed by atoms with van der Waals surface area (Å²) in [6.07, 6.45) is 0.276. The number of fused-ring (bicyclic) bond motifs is 3. The summed E-state index contributed by atoms with van der Waals surface area (Å²) in [4.78, 5) is 24.6. The number of hydrogen-bond acceptors (Lipinski definition) is 4. The Labute approximate surface area is 194 Å². The highest BCUT2D eigenvalue weighted by atomic mass is 127. The summed E-state index contributed by atoms with van der Waals surface area (Å²) >= 11 is 2.20. The molecule has 6 heteroatoms. The molecule has 3 N–H and O–H groups in total. The molecule has 0 saturated carbocycles. The van der Waals surface area contributed by atoms with Crippen LogP contribution in [0.4, 0.5) is 0 Å². The summed E-state index contributed by atoms with van der Waals surface area (Å²) in [5.41, 5.74) is 11.4. The van der Waals surface area contributed by atoms with Crippen molar-refractivity contribution in [3.05, 3.63) is 93.1 Å². The van der Waals surface area contributed by atoms with Gasteiger partial charge in [0.15, 0.2) is 5.92 Å². The molecule has 3 aromatic carbocycles. The SMILES string of the molecule is NC(Cc1ccc(I)cc1)[C@H](C(=O)O)C(=O)OCC1c2ccccc2-c2ccccc21. The molecule has 0 aromatic heterocycles. The summed E-state index contributed by atoms with van der Waals surface area (Å²) < 4.78 is 6.61. The number of carboxylic acid groups (broad SMARTS) is 1. The van der Waals surface area contributed by atoms with Gasteiger partial charge in [-0.1, -0.05) is 60.7 Å². The van der Waals surface area contributed by atoms with Crippen molar-refractivity contribution in [1.82, 2.24) is 0 Å². The smallest absolute Gasteiger partial charge is 0.321 e. The van der Waals surface area contributed by atoms with Crippen LogP contribution < -0.4 is 5.73 Å². The molecule has 0 spiro atoms. The molecule has 0 amide bonds. The zero-order valence-corrected chi connectivity index (χ0v) is 18.9. The maximum absolute atomic E-state index is 12.8. The number of ether oxygens (including phenoxy) is 1. The van der Waals surface area contributed by atoms with Gasteiger partial charge in [0.1, 0.15) is 6.61 Å². The fraction of sp³-hybridized carbons (Fsp3) is 0.200. The van der Waals surface area contributed by atoms with Gasteiger partial charge < -0.3 is 15.6 Å². The van der Waals surface area contributed by atoms with Crippen LogP contribution in [0, 0.1) is 9.49 Å². The van der Waals surface area contributed by atoms with Crippen molar-refractivity contribution in [2.75, 3.05) is 6.61 Å². The average Bonchev–Trinajstić information content (AvgIpc) is 3.07. The van der Waals surface area contributed by atoms with Crippen molar-refractivity contribution in [1.29, 1.82) is 0 Å². The number of aliphatic carboxylic acids is 1. The third-order valence-corrected chi connectivity index (χ3v) is 6.41. The van der Waals surface area contributed by atoms with E-state index in [-0.39, 0.29) is 18.9 Å². The molecule has 0 bridgehead atoms. The van der Waals surface area contributed by atoms with Crippen LogP contribution in [0.15, 0.2) is 72.8 Å². The third kappa shape index (κ3) is 4.50. The Bertz CT molecular complexity index is 1070. The number of hydrogen-bond donors (Lipinski definition) is 2. The van der Waals surface area contributed by atoms with Crippen LogP contribution in [-0.4, -0.2) is 29.7 Å². The highest BCUT2D eigenvalue weighted by molar-refractivity contribution is 14.1. The van der Waals surface area contributed by atoms with Gasteiger partial charge in [0.05, 0.1) is 0 Å². The molecule has 0 saturated heterocycles. The zero-order chi connectivity index (χ0) is 22.0. The van der Waals surface area contributed by atoms with E-state index in [1.54, 1.807) is 0 Å². The molecule has 1 aliphatic rings. The molecule has 0 fully saturated rings. The molecular weight excluding hydrogens is 505 g/mol. The Morgan fingerprint density at radius 2 is 1.48 bits per heavy atom. The summed E-state index contributed by atoms with van der Waals surface area (Å²) in [5, 5.41) is 9.66. The molecule has 158 valence electrons. The molecule has 1 aliphatic carbocycles. The van der Waals surface area contributed by atoms with E-state index >= 15 is 0 Å². The second-order valence-corrected chi connectivity index (χ2v) is 8.91. The van der Waals surface area contributed by atoms with Gasteiger partial charge in [-0.3, -0.25) is 9.59 Å². The van der Waals surface area contributed by atoms with Crippen LogP contribution in [0.1, 0.15) is 22.6 Å². The van der Waals surface area contributed by atoms with Crippen LogP contribution >= 0.6 is 22.6 Å². The predicted octanol–water partition coefficient (Wildman–Crippen LogP) is 4.22. The Morgan fingerprint density at radius 3 is 2.03 bits per heavy atom. The maximum Gasteiger partial charge on any atom is 0.321 e. The predicted molar refractivity (Wildman–Crippen MR) is 127 cm³/mol. The first kappa shape index (κ1) is 21.5. The van der Waals surface area contributed by atoms with Crippen molar-refractivity contribution < 1.29 is 19.4 Å².